The highest BCUT2D eigenvalue weighted by atomic mass is 79.9. The van der Waals surface area contributed by atoms with E-state index in [1.165, 1.54) is 6.07 Å². The van der Waals surface area contributed by atoms with Crippen molar-refractivity contribution in [1.82, 2.24) is 5.32 Å². The van der Waals surface area contributed by atoms with Crippen LogP contribution in [0.3, 0.4) is 0 Å². The van der Waals surface area contributed by atoms with Gasteiger partial charge >= 0.3 is 0 Å². The lowest BCUT2D eigenvalue weighted by Crippen LogP contribution is -2.35. The summed E-state index contributed by atoms with van der Waals surface area (Å²) in [4.78, 5) is 0. The second-order valence-electron chi connectivity index (χ2n) is 3.85. The highest BCUT2D eigenvalue weighted by Gasteiger charge is 2.11. The fraction of sp³-hybridized carbons (Fsp3) is 0.538. The van der Waals surface area contributed by atoms with Gasteiger partial charge in [-0.05, 0) is 43.7 Å². The zero-order chi connectivity index (χ0) is 12.7. The number of rotatable bonds is 7. The third kappa shape index (κ3) is 5.15. The van der Waals surface area contributed by atoms with Gasteiger partial charge in [0.05, 0.1) is 6.61 Å². The zero-order valence-corrected chi connectivity index (χ0v) is 11.9. The van der Waals surface area contributed by atoms with Gasteiger partial charge < -0.3 is 10.1 Å². The van der Waals surface area contributed by atoms with E-state index in [2.05, 4.69) is 28.2 Å². The summed E-state index contributed by atoms with van der Waals surface area (Å²) in [6.07, 6.45) is 0.756. The molecule has 2 nitrogen and oxygen atoms in total. The zero-order valence-electron chi connectivity index (χ0n) is 10.3. The van der Waals surface area contributed by atoms with Crippen molar-refractivity contribution in [2.45, 2.75) is 26.3 Å². The van der Waals surface area contributed by atoms with E-state index in [-0.39, 0.29) is 11.9 Å². The molecule has 0 aliphatic heterocycles. The average molecular weight is 304 g/mol. The second kappa shape index (κ2) is 7.80. The largest absolute Gasteiger partial charge is 0.380 e. The van der Waals surface area contributed by atoms with Crippen LogP contribution < -0.4 is 5.32 Å². The van der Waals surface area contributed by atoms with Crippen molar-refractivity contribution >= 4 is 15.9 Å². The predicted octanol–water partition coefficient (Wildman–Crippen LogP) is 3.15. The maximum absolute atomic E-state index is 13.2. The summed E-state index contributed by atoms with van der Waals surface area (Å²) in [5.41, 5.74) is 0.968. The molecule has 0 heterocycles. The summed E-state index contributed by atoms with van der Waals surface area (Å²) in [6.45, 7) is 6.25. The van der Waals surface area contributed by atoms with E-state index in [4.69, 9.17) is 4.74 Å². The molecule has 1 aromatic carbocycles. The van der Waals surface area contributed by atoms with E-state index >= 15 is 0 Å². The minimum atomic E-state index is -0.199. The number of ether oxygens (including phenoxy) is 1. The molecule has 17 heavy (non-hydrogen) atoms. The SMILES string of the molecule is CCNC(COCC)Cc1cc(F)ccc1Br. The number of hydrogen-bond acceptors (Lipinski definition) is 2. The van der Waals surface area contributed by atoms with E-state index < -0.39 is 0 Å². The van der Waals surface area contributed by atoms with Crippen molar-refractivity contribution in [2.24, 2.45) is 0 Å². The molecule has 0 bridgehead atoms. The van der Waals surface area contributed by atoms with E-state index in [9.17, 15) is 4.39 Å². The van der Waals surface area contributed by atoms with Crippen LogP contribution in [0.25, 0.3) is 0 Å². The van der Waals surface area contributed by atoms with Gasteiger partial charge in [-0.15, -0.1) is 0 Å². The van der Waals surface area contributed by atoms with Gasteiger partial charge in [0.2, 0.25) is 0 Å². The van der Waals surface area contributed by atoms with Crippen molar-refractivity contribution in [3.63, 3.8) is 0 Å². The minimum absolute atomic E-state index is 0.199. The molecule has 0 aliphatic rings. The number of hydrogen-bond donors (Lipinski definition) is 1. The number of nitrogens with one attached hydrogen (secondary N) is 1. The Hall–Kier alpha value is -0.450. The van der Waals surface area contributed by atoms with E-state index in [1.54, 1.807) is 12.1 Å². The minimum Gasteiger partial charge on any atom is -0.380 e. The first kappa shape index (κ1) is 14.6. The lowest BCUT2D eigenvalue weighted by atomic mass is 10.1. The fourth-order valence-electron chi connectivity index (χ4n) is 1.70. The number of halogens is 2. The van der Waals surface area contributed by atoms with Gasteiger partial charge in [-0.1, -0.05) is 22.9 Å². The van der Waals surface area contributed by atoms with Gasteiger partial charge in [0.15, 0.2) is 0 Å². The Balaban J connectivity index is 2.67. The summed E-state index contributed by atoms with van der Waals surface area (Å²) in [6, 6.07) is 4.99. The third-order valence-electron chi connectivity index (χ3n) is 2.49. The molecule has 0 aliphatic carbocycles. The summed E-state index contributed by atoms with van der Waals surface area (Å²) in [7, 11) is 0. The molecule has 0 radical (unpaired) electrons. The van der Waals surface area contributed by atoms with Crippen molar-refractivity contribution in [3.05, 3.63) is 34.1 Å². The fourth-order valence-corrected chi connectivity index (χ4v) is 2.11. The predicted molar refractivity (Wildman–Crippen MR) is 71.8 cm³/mol. The van der Waals surface area contributed by atoms with Gasteiger partial charge in [0.1, 0.15) is 5.82 Å². The van der Waals surface area contributed by atoms with Crippen LogP contribution in [0.4, 0.5) is 4.39 Å². The van der Waals surface area contributed by atoms with Gasteiger partial charge in [-0.2, -0.15) is 0 Å². The molecule has 0 spiro atoms. The maximum Gasteiger partial charge on any atom is 0.123 e. The number of likely N-dealkylation sites (N-methyl/N-ethyl adjacent to an activating group) is 1. The molecular formula is C13H19BrFNO. The summed E-state index contributed by atoms with van der Waals surface area (Å²) in [5.74, 6) is -0.199. The van der Waals surface area contributed by atoms with Crippen LogP contribution in [-0.4, -0.2) is 25.8 Å². The van der Waals surface area contributed by atoms with Crippen LogP contribution in [0.5, 0.6) is 0 Å². The van der Waals surface area contributed by atoms with Crippen molar-refractivity contribution in [1.29, 1.82) is 0 Å². The second-order valence-corrected chi connectivity index (χ2v) is 4.71. The Morgan fingerprint density at radius 3 is 2.82 bits per heavy atom. The smallest absolute Gasteiger partial charge is 0.123 e. The molecule has 96 valence electrons. The highest BCUT2D eigenvalue weighted by Crippen LogP contribution is 2.19. The Bertz CT molecular complexity index is 346. The molecule has 4 heteroatoms. The van der Waals surface area contributed by atoms with Gasteiger partial charge in [0.25, 0.3) is 0 Å². The normalized spacial score (nSPS) is 12.7. The van der Waals surface area contributed by atoms with Crippen molar-refractivity contribution < 1.29 is 9.13 Å². The topological polar surface area (TPSA) is 21.3 Å². The first-order valence-electron chi connectivity index (χ1n) is 5.92. The van der Waals surface area contributed by atoms with Gasteiger partial charge in [0, 0.05) is 17.1 Å². The highest BCUT2D eigenvalue weighted by molar-refractivity contribution is 9.10. The first-order valence-corrected chi connectivity index (χ1v) is 6.71. The Labute approximate surface area is 111 Å². The lowest BCUT2D eigenvalue weighted by Gasteiger charge is -2.18. The van der Waals surface area contributed by atoms with Crippen LogP contribution in [0.2, 0.25) is 0 Å². The summed E-state index contributed by atoms with van der Waals surface area (Å²) < 4.78 is 19.5. The summed E-state index contributed by atoms with van der Waals surface area (Å²) in [5, 5.41) is 3.34. The lowest BCUT2D eigenvalue weighted by molar-refractivity contribution is 0.123. The third-order valence-corrected chi connectivity index (χ3v) is 3.26. The molecule has 0 amide bonds. The van der Waals surface area contributed by atoms with Crippen LogP contribution in [0.15, 0.2) is 22.7 Å². The molecule has 0 aromatic heterocycles. The Morgan fingerprint density at radius 2 is 2.18 bits per heavy atom. The Morgan fingerprint density at radius 1 is 1.41 bits per heavy atom. The van der Waals surface area contributed by atoms with Crippen molar-refractivity contribution in [3.8, 4) is 0 Å². The van der Waals surface area contributed by atoms with Crippen LogP contribution in [0, 0.1) is 5.82 Å². The molecule has 0 saturated carbocycles. The molecular weight excluding hydrogens is 285 g/mol. The van der Waals surface area contributed by atoms with Gasteiger partial charge in [-0.3, -0.25) is 0 Å². The van der Waals surface area contributed by atoms with Crippen molar-refractivity contribution in [2.75, 3.05) is 19.8 Å². The summed E-state index contributed by atoms with van der Waals surface area (Å²) >= 11 is 3.44. The number of benzene rings is 1. The molecule has 1 aromatic rings. The first-order chi connectivity index (χ1) is 8.17. The monoisotopic (exact) mass is 303 g/mol. The molecule has 0 fully saturated rings. The molecule has 1 unspecified atom stereocenters. The van der Waals surface area contributed by atoms with E-state index in [0.29, 0.717) is 13.2 Å². The Kier molecular flexibility index (Phi) is 6.70. The van der Waals surface area contributed by atoms with E-state index in [0.717, 1.165) is 23.0 Å². The van der Waals surface area contributed by atoms with Crippen LogP contribution >= 0.6 is 15.9 Å². The maximum atomic E-state index is 13.2. The standard InChI is InChI=1S/C13H19BrFNO/c1-3-16-12(9-17-4-2)8-10-7-11(15)5-6-13(10)14/h5-7,12,16H,3-4,8-9H2,1-2H3. The molecule has 1 N–H and O–H groups in total. The van der Waals surface area contributed by atoms with E-state index in [1.807, 2.05) is 6.92 Å². The quantitative estimate of drug-likeness (QED) is 0.835. The molecule has 0 saturated heterocycles. The average Bonchev–Trinajstić information content (AvgIpc) is 2.31. The molecule has 1 rings (SSSR count). The van der Waals surface area contributed by atoms with Crippen LogP contribution in [-0.2, 0) is 11.2 Å². The molecule has 1 atom stereocenters. The van der Waals surface area contributed by atoms with Gasteiger partial charge in [-0.25, -0.2) is 4.39 Å². The van der Waals surface area contributed by atoms with Crippen LogP contribution in [0.1, 0.15) is 19.4 Å².